The van der Waals surface area contributed by atoms with Crippen LogP contribution in [0.1, 0.15) is 27.9 Å². The van der Waals surface area contributed by atoms with Crippen LogP contribution in [0.15, 0.2) is 89.8 Å². The normalized spacial score (nSPS) is 21.9. The summed E-state index contributed by atoms with van der Waals surface area (Å²) in [5.74, 6) is -0.579. The highest BCUT2D eigenvalue weighted by molar-refractivity contribution is 7.86. The lowest BCUT2D eigenvalue weighted by molar-refractivity contribution is -0.256. The lowest BCUT2D eigenvalue weighted by atomic mass is 10.0. The van der Waals surface area contributed by atoms with Gasteiger partial charge in [-0.15, -0.1) is 0 Å². The molecule has 0 bridgehead atoms. The second-order valence-electron chi connectivity index (χ2n) is 8.70. The molecule has 1 aliphatic rings. The topological polar surface area (TPSA) is 97.4 Å². The van der Waals surface area contributed by atoms with Gasteiger partial charge in [-0.2, -0.15) is 8.42 Å². The van der Waals surface area contributed by atoms with E-state index in [1.165, 1.54) is 19.2 Å². The summed E-state index contributed by atoms with van der Waals surface area (Å²) in [5, 5.41) is 0. The molecule has 0 saturated carbocycles. The van der Waals surface area contributed by atoms with E-state index in [4.69, 9.17) is 23.1 Å². The van der Waals surface area contributed by atoms with Gasteiger partial charge in [0.2, 0.25) is 0 Å². The molecule has 4 rings (SSSR count). The molecule has 1 heterocycles. The van der Waals surface area contributed by atoms with Gasteiger partial charge in [0, 0.05) is 13.5 Å². The highest BCUT2D eigenvalue weighted by atomic mass is 32.2. The third-order valence-corrected chi connectivity index (χ3v) is 7.30. The Kier molecular flexibility index (Phi) is 9.07. The van der Waals surface area contributed by atoms with Crippen molar-refractivity contribution >= 4 is 16.1 Å². The van der Waals surface area contributed by atoms with Crippen molar-refractivity contribution in [3.63, 3.8) is 0 Å². The summed E-state index contributed by atoms with van der Waals surface area (Å²) in [6, 6.07) is 24.4. The summed E-state index contributed by atoms with van der Waals surface area (Å²) in [6.45, 7) is 1.73. The molecule has 0 N–H and O–H groups in total. The molecule has 1 unspecified atom stereocenters. The van der Waals surface area contributed by atoms with Crippen LogP contribution in [0.4, 0.5) is 0 Å². The van der Waals surface area contributed by atoms with E-state index in [-0.39, 0.29) is 17.9 Å². The van der Waals surface area contributed by atoms with Crippen molar-refractivity contribution in [1.82, 2.24) is 0 Å². The Balaban J connectivity index is 1.55. The maximum absolute atomic E-state index is 13.0. The van der Waals surface area contributed by atoms with E-state index in [0.717, 1.165) is 11.1 Å². The Morgan fingerprint density at radius 2 is 1.59 bits per heavy atom. The van der Waals surface area contributed by atoms with E-state index in [2.05, 4.69) is 0 Å². The van der Waals surface area contributed by atoms with Crippen LogP contribution < -0.4 is 0 Å². The van der Waals surface area contributed by atoms with Crippen molar-refractivity contribution in [3.8, 4) is 0 Å². The van der Waals surface area contributed by atoms with Crippen LogP contribution in [0, 0.1) is 6.92 Å². The third kappa shape index (κ3) is 7.24. The SMILES string of the molecule is COC1C[C@H](OCc2ccccc2)[C@@H](OC(=O)c2ccccc2)[C@@H](COS(=O)(=O)c2ccc(C)cc2)O1. The molecule has 0 spiro atoms. The minimum atomic E-state index is -4.08. The number of hydrogen-bond donors (Lipinski definition) is 0. The summed E-state index contributed by atoms with van der Waals surface area (Å²) in [7, 11) is -2.60. The van der Waals surface area contributed by atoms with Crippen LogP contribution in [-0.2, 0) is 39.9 Å². The summed E-state index contributed by atoms with van der Waals surface area (Å²) in [6.07, 6.45) is -2.98. The molecule has 0 aliphatic carbocycles. The fourth-order valence-corrected chi connectivity index (χ4v) is 4.88. The number of hydrogen-bond acceptors (Lipinski definition) is 8. The molecule has 1 fully saturated rings. The van der Waals surface area contributed by atoms with Crippen LogP contribution >= 0.6 is 0 Å². The van der Waals surface area contributed by atoms with Gasteiger partial charge in [0.25, 0.3) is 10.1 Å². The molecule has 8 nitrogen and oxygen atoms in total. The largest absolute Gasteiger partial charge is 0.453 e. The smallest absolute Gasteiger partial charge is 0.338 e. The standard InChI is InChI=1S/C28H30O8S/c1-20-13-15-23(16-14-20)37(30,31)34-19-25-27(36-28(29)22-11-7-4-8-12-22)24(17-26(32-2)35-25)33-18-21-9-5-3-6-10-21/h3-16,24-27H,17-19H2,1-2H3/t24-,25+,26?,27+/m0/s1. The Labute approximate surface area is 217 Å². The molecule has 0 radical (unpaired) electrons. The van der Waals surface area contributed by atoms with E-state index >= 15 is 0 Å². The van der Waals surface area contributed by atoms with Crippen molar-refractivity contribution in [3.05, 3.63) is 102 Å². The molecule has 0 aromatic heterocycles. The van der Waals surface area contributed by atoms with Gasteiger partial charge in [-0.3, -0.25) is 4.18 Å². The first-order valence-corrected chi connectivity index (χ1v) is 13.3. The van der Waals surface area contributed by atoms with Crippen molar-refractivity contribution in [1.29, 1.82) is 0 Å². The lowest BCUT2D eigenvalue weighted by Crippen LogP contribution is -2.53. The van der Waals surface area contributed by atoms with Crippen LogP contribution in [0.25, 0.3) is 0 Å². The van der Waals surface area contributed by atoms with Crippen LogP contribution in [0.5, 0.6) is 0 Å². The van der Waals surface area contributed by atoms with Gasteiger partial charge >= 0.3 is 5.97 Å². The zero-order valence-corrected chi connectivity index (χ0v) is 21.5. The Hall–Kier alpha value is -3.08. The molecule has 1 saturated heterocycles. The first kappa shape index (κ1) is 27.0. The Morgan fingerprint density at radius 1 is 0.946 bits per heavy atom. The van der Waals surface area contributed by atoms with Gasteiger partial charge in [0.15, 0.2) is 12.4 Å². The Bertz CT molecular complexity index is 1250. The number of benzene rings is 3. The van der Waals surface area contributed by atoms with Gasteiger partial charge < -0.3 is 18.9 Å². The number of carbonyl (C=O) groups excluding carboxylic acids is 1. The van der Waals surface area contributed by atoms with E-state index in [0.29, 0.717) is 5.56 Å². The van der Waals surface area contributed by atoms with Crippen molar-refractivity contribution in [2.45, 2.75) is 49.4 Å². The molecule has 4 atom stereocenters. The molecule has 1 aliphatic heterocycles. The maximum atomic E-state index is 13.0. The second-order valence-corrected chi connectivity index (χ2v) is 10.3. The molecule has 3 aromatic rings. The van der Waals surface area contributed by atoms with Crippen molar-refractivity contribution in [2.75, 3.05) is 13.7 Å². The predicted octanol–water partition coefficient (Wildman–Crippen LogP) is 4.27. The second kappa shape index (κ2) is 12.4. The van der Waals surface area contributed by atoms with Gasteiger partial charge in [0.05, 0.1) is 23.7 Å². The summed E-state index contributed by atoms with van der Waals surface area (Å²) in [4.78, 5) is 13.0. The molecular formula is C28H30O8S. The highest BCUT2D eigenvalue weighted by Crippen LogP contribution is 2.29. The maximum Gasteiger partial charge on any atom is 0.338 e. The zero-order valence-electron chi connectivity index (χ0n) is 20.7. The van der Waals surface area contributed by atoms with E-state index in [1.807, 2.05) is 37.3 Å². The average molecular weight is 527 g/mol. The number of esters is 1. The summed E-state index contributed by atoms with van der Waals surface area (Å²) in [5.41, 5.74) is 2.21. The average Bonchev–Trinajstić information content (AvgIpc) is 2.92. The Morgan fingerprint density at radius 3 is 2.24 bits per heavy atom. The predicted molar refractivity (Wildman–Crippen MR) is 135 cm³/mol. The van der Waals surface area contributed by atoms with Crippen LogP contribution in [-0.4, -0.2) is 52.7 Å². The molecule has 9 heteroatoms. The fraction of sp³-hybridized carbons (Fsp3) is 0.321. The number of aryl methyl sites for hydroxylation is 1. The third-order valence-electron chi connectivity index (χ3n) is 6.00. The first-order valence-electron chi connectivity index (χ1n) is 11.9. The van der Waals surface area contributed by atoms with Crippen molar-refractivity contribution < 1.29 is 36.3 Å². The van der Waals surface area contributed by atoms with Gasteiger partial charge in [0.1, 0.15) is 12.2 Å². The highest BCUT2D eigenvalue weighted by Gasteiger charge is 2.43. The van der Waals surface area contributed by atoms with E-state index in [1.54, 1.807) is 42.5 Å². The quantitative estimate of drug-likeness (QED) is 0.285. The van der Waals surface area contributed by atoms with Gasteiger partial charge in [-0.25, -0.2) is 4.79 Å². The van der Waals surface area contributed by atoms with E-state index < -0.39 is 47.3 Å². The molecule has 196 valence electrons. The van der Waals surface area contributed by atoms with Crippen LogP contribution in [0.2, 0.25) is 0 Å². The monoisotopic (exact) mass is 526 g/mol. The number of carbonyl (C=O) groups is 1. The molecular weight excluding hydrogens is 496 g/mol. The first-order chi connectivity index (χ1) is 17.9. The van der Waals surface area contributed by atoms with Crippen molar-refractivity contribution in [2.24, 2.45) is 0 Å². The molecule has 3 aromatic carbocycles. The van der Waals surface area contributed by atoms with Crippen LogP contribution in [0.3, 0.4) is 0 Å². The molecule has 37 heavy (non-hydrogen) atoms. The van der Waals surface area contributed by atoms with Gasteiger partial charge in [-0.1, -0.05) is 66.2 Å². The lowest BCUT2D eigenvalue weighted by Gasteiger charge is -2.40. The van der Waals surface area contributed by atoms with Gasteiger partial charge in [-0.05, 0) is 36.8 Å². The fourth-order valence-electron chi connectivity index (χ4n) is 3.96. The molecule has 0 amide bonds. The summed E-state index contributed by atoms with van der Waals surface area (Å²) >= 11 is 0. The zero-order chi connectivity index (χ0) is 26.3. The van der Waals surface area contributed by atoms with E-state index in [9.17, 15) is 13.2 Å². The number of ether oxygens (including phenoxy) is 4. The minimum absolute atomic E-state index is 0.0203. The minimum Gasteiger partial charge on any atom is -0.453 e. The number of rotatable bonds is 10. The summed E-state index contributed by atoms with van der Waals surface area (Å²) < 4.78 is 54.4. The number of methoxy groups -OCH3 is 1.